The van der Waals surface area contributed by atoms with Crippen LogP contribution in [-0.4, -0.2) is 65.9 Å². The summed E-state index contributed by atoms with van der Waals surface area (Å²) in [5.74, 6) is 0.207. The zero-order valence-electron chi connectivity index (χ0n) is 16.9. The molecule has 28 heavy (non-hydrogen) atoms. The van der Waals surface area contributed by atoms with Crippen molar-refractivity contribution in [1.82, 2.24) is 15.1 Å². The monoisotopic (exact) mass is 388 g/mol. The highest BCUT2D eigenvalue weighted by Gasteiger charge is 2.25. The molecule has 2 aliphatic rings. The van der Waals surface area contributed by atoms with E-state index in [1.54, 1.807) is 12.1 Å². The highest BCUT2D eigenvalue weighted by Crippen LogP contribution is 2.28. The fourth-order valence-corrected chi connectivity index (χ4v) is 4.44. The molecule has 7 heteroatoms. The average molecular weight is 389 g/mol. The number of rotatable bonds is 8. The van der Waals surface area contributed by atoms with Gasteiger partial charge in [0.2, 0.25) is 5.91 Å². The van der Waals surface area contributed by atoms with Crippen LogP contribution in [0.25, 0.3) is 0 Å². The van der Waals surface area contributed by atoms with Crippen molar-refractivity contribution >= 4 is 11.6 Å². The number of non-ortho nitro benzene ring substituents is 1. The quantitative estimate of drug-likeness (QED) is 0.546. The molecule has 1 N–H and O–H groups in total. The van der Waals surface area contributed by atoms with Crippen LogP contribution in [0.1, 0.15) is 43.7 Å². The molecule has 1 aliphatic carbocycles. The Morgan fingerprint density at radius 3 is 2.96 bits per heavy atom. The molecule has 1 amide bonds. The van der Waals surface area contributed by atoms with Gasteiger partial charge in [0.05, 0.1) is 11.5 Å². The van der Waals surface area contributed by atoms with E-state index in [2.05, 4.69) is 17.1 Å². The summed E-state index contributed by atoms with van der Waals surface area (Å²) >= 11 is 0. The highest BCUT2D eigenvalue weighted by molar-refractivity contribution is 5.78. The molecule has 1 unspecified atom stereocenters. The summed E-state index contributed by atoms with van der Waals surface area (Å²) in [6.45, 7) is 7.23. The first kappa shape index (κ1) is 20.7. The molecule has 1 aromatic rings. The summed E-state index contributed by atoms with van der Waals surface area (Å²) in [5.41, 5.74) is 2.57. The molecular weight excluding hydrogens is 356 g/mol. The number of nitro groups is 1. The van der Waals surface area contributed by atoms with Gasteiger partial charge < -0.3 is 10.2 Å². The van der Waals surface area contributed by atoms with E-state index in [-0.39, 0.29) is 16.5 Å². The van der Waals surface area contributed by atoms with Gasteiger partial charge in [0.1, 0.15) is 0 Å². The van der Waals surface area contributed by atoms with Crippen LogP contribution in [0.4, 0.5) is 5.69 Å². The maximum atomic E-state index is 12.1. The second kappa shape index (κ2) is 9.98. The normalized spacial score (nSPS) is 20.1. The average Bonchev–Trinajstić information content (AvgIpc) is 2.90. The van der Waals surface area contributed by atoms with E-state index in [1.165, 1.54) is 5.56 Å². The summed E-state index contributed by atoms with van der Waals surface area (Å²) in [6, 6.07) is 5.73. The maximum absolute atomic E-state index is 12.1. The van der Waals surface area contributed by atoms with Crippen molar-refractivity contribution in [2.75, 3.05) is 39.3 Å². The number of amides is 1. The second-order valence-electron chi connectivity index (χ2n) is 7.91. The lowest BCUT2D eigenvalue weighted by Crippen LogP contribution is -2.42. The smallest absolute Gasteiger partial charge is 0.269 e. The Morgan fingerprint density at radius 1 is 1.32 bits per heavy atom. The summed E-state index contributed by atoms with van der Waals surface area (Å²) in [6.07, 6.45) is 6.03. The van der Waals surface area contributed by atoms with Crippen LogP contribution in [-0.2, 0) is 17.6 Å². The van der Waals surface area contributed by atoms with E-state index in [0.29, 0.717) is 12.6 Å². The van der Waals surface area contributed by atoms with Crippen molar-refractivity contribution in [3.63, 3.8) is 0 Å². The first-order valence-electron chi connectivity index (χ1n) is 10.6. The van der Waals surface area contributed by atoms with Gasteiger partial charge >= 0.3 is 0 Å². The lowest BCUT2D eigenvalue weighted by Gasteiger charge is -2.35. The van der Waals surface area contributed by atoms with Crippen LogP contribution in [0.2, 0.25) is 0 Å². The Kier molecular flexibility index (Phi) is 7.39. The largest absolute Gasteiger partial charge is 0.341 e. The van der Waals surface area contributed by atoms with Crippen LogP contribution in [0.5, 0.6) is 0 Å². The number of hydrogen-bond donors (Lipinski definition) is 1. The van der Waals surface area contributed by atoms with Crippen LogP contribution >= 0.6 is 0 Å². The van der Waals surface area contributed by atoms with E-state index in [9.17, 15) is 14.9 Å². The summed E-state index contributed by atoms with van der Waals surface area (Å²) in [5, 5.41) is 14.3. The molecule has 0 aromatic heterocycles. The molecule has 3 rings (SSSR count). The number of aryl methyl sites for hydroxylation is 1. The van der Waals surface area contributed by atoms with Crippen LogP contribution in [0.3, 0.4) is 0 Å². The van der Waals surface area contributed by atoms with E-state index < -0.39 is 0 Å². The van der Waals surface area contributed by atoms with Crippen LogP contribution in [0, 0.1) is 10.1 Å². The molecule has 1 aromatic carbocycles. The van der Waals surface area contributed by atoms with Gasteiger partial charge in [-0.1, -0.05) is 13.0 Å². The predicted molar refractivity (Wildman–Crippen MR) is 109 cm³/mol. The summed E-state index contributed by atoms with van der Waals surface area (Å²) < 4.78 is 0. The van der Waals surface area contributed by atoms with Gasteiger partial charge in [0.25, 0.3) is 5.69 Å². The fourth-order valence-electron chi connectivity index (χ4n) is 4.44. The molecule has 0 radical (unpaired) electrons. The number of fused-ring (bicyclic) bond motifs is 1. The standard InChI is InChI=1S/C21H32N4O3/c1-2-10-23(12-4-13-24-11-3-9-22-16-21(24)26)19-7-5-17-6-8-20(25(27)28)15-18(17)14-19/h6,8,15,19,22H,2-5,7,9-14,16H2,1H3. The SMILES string of the molecule is CCCN(CCCN1CCCNCC1=O)C1CCc2ccc([N+](=O)[O-])cc2C1. The van der Waals surface area contributed by atoms with E-state index in [1.807, 2.05) is 11.0 Å². The minimum atomic E-state index is -0.305. The number of benzene rings is 1. The molecular formula is C21H32N4O3. The minimum Gasteiger partial charge on any atom is -0.341 e. The first-order chi connectivity index (χ1) is 13.6. The third kappa shape index (κ3) is 5.29. The number of nitrogens with zero attached hydrogens (tertiary/aromatic N) is 3. The van der Waals surface area contributed by atoms with Gasteiger partial charge in [-0.15, -0.1) is 0 Å². The Bertz CT molecular complexity index is 694. The van der Waals surface area contributed by atoms with E-state index in [0.717, 1.165) is 76.8 Å². The minimum absolute atomic E-state index is 0.190. The van der Waals surface area contributed by atoms with Gasteiger partial charge in [-0.05, 0) is 62.7 Å². The molecule has 0 bridgehead atoms. The summed E-state index contributed by atoms with van der Waals surface area (Å²) in [7, 11) is 0. The van der Waals surface area contributed by atoms with Crippen LogP contribution < -0.4 is 5.32 Å². The molecule has 1 saturated heterocycles. The molecule has 1 atom stereocenters. The van der Waals surface area contributed by atoms with Crippen molar-refractivity contribution in [3.05, 3.63) is 39.4 Å². The number of hydrogen-bond acceptors (Lipinski definition) is 5. The molecule has 154 valence electrons. The number of nitrogens with one attached hydrogen (secondary N) is 1. The number of carbonyl (C=O) groups excluding carboxylic acids is 1. The predicted octanol–water partition coefficient (Wildman–Crippen LogP) is 2.38. The van der Waals surface area contributed by atoms with Gasteiger partial charge in [-0.25, -0.2) is 0 Å². The summed E-state index contributed by atoms with van der Waals surface area (Å²) in [4.78, 5) is 27.5. The molecule has 1 aliphatic heterocycles. The highest BCUT2D eigenvalue weighted by atomic mass is 16.6. The second-order valence-corrected chi connectivity index (χ2v) is 7.91. The lowest BCUT2D eigenvalue weighted by atomic mass is 9.87. The molecule has 1 fully saturated rings. The zero-order valence-corrected chi connectivity index (χ0v) is 16.9. The van der Waals surface area contributed by atoms with Crippen molar-refractivity contribution in [3.8, 4) is 0 Å². The third-order valence-electron chi connectivity index (χ3n) is 5.91. The Hall–Kier alpha value is -1.99. The topological polar surface area (TPSA) is 78.7 Å². The third-order valence-corrected chi connectivity index (χ3v) is 5.91. The molecule has 0 spiro atoms. The molecule has 7 nitrogen and oxygen atoms in total. The van der Waals surface area contributed by atoms with Gasteiger partial charge in [0.15, 0.2) is 0 Å². The van der Waals surface area contributed by atoms with Crippen molar-refractivity contribution in [2.24, 2.45) is 0 Å². The number of carbonyl (C=O) groups is 1. The van der Waals surface area contributed by atoms with Crippen molar-refractivity contribution in [2.45, 2.75) is 51.5 Å². The van der Waals surface area contributed by atoms with E-state index in [4.69, 9.17) is 0 Å². The van der Waals surface area contributed by atoms with Gasteiger partial charge in [0, 0.05) is 37.8 Å². The number of nitro benzene ring substituents is 1. The fraction of sp³-hybridized carbons (Fsp3) is 0.667. The first-order valence-corrected chi connectivity index (χ1v) is 10.6. The maximum Gasteiger partial charge on any atom is 0.269 e. The molecule has 0 saturated carbocycles. The zero-order chi connectivity index (χ0) is 19.9. The van der Waals surface area contributed by atoms with Gasteiger partial charge in [-0.2, -0.15) is 0 Å². The van der Waals surface area contributed by atoms with E-state index >= 15 is 0 Å². The van der Waals surface area contributed by atoms with Gasteiger partial charge in [-0.3, -0.25) is 19.8 Å². The lowest BCUT2D eigenvalue weighted by molar-refractivity contribution is -0.384. The van der Waals surface area contributed by atoms with Crippen molar-refractivity contribution in [1.29, 1.82) is 0 Å². The Labute approximate surface area is 167 Å². The van der Waals surface area contributed by atoms with Crippen LogP contribution in [0.15, 0.2) is 18.2 Å². The molecule has 1 heterocycles. The van der Waals surface area contributed by atoms with Crippen molar-refractivity contribution < 1.29 is 9.72 Å². The Balaban J connectivity index is 1.58. The Morgan fingerprint density at radius 2 is 2.18 bits per heavy atom.